The zero-order valence-electron chi connectivity index (χ0n) is 11.9. The fraction of sp³-hybridized carbons (Fsp3) is 0.833. The molecule has 1 aliphatic heterocycles. The highest BCUT2D eigenvalue weighted by Crippen LogP contribution is 2.08. The molecule has 1 heterocycles. The number of ether oxygens (including phenoxy) is 1. The standard InChI is InChI=1S/C12H23N3O4/c1-8(10(16)17)15-6-5-13-9(7-15)14-11(18)19-12(2,3)4/h8-9,13H,5-7H2,1-4H3,(H,14,18)(H,16,17)/t8?,9-/m0/s1. The molecule has 0 aromatic rings. The van der Waals surface area contributed by atoms with E-state index in [2.05, 4.69) is 10.6 Å². The molecule has 19 heavy (non-hydrogen) atoms. The molecule has 1 unspecified atom stereocenters. The Balaban J connectivity index is 2.47. The lowest BCUT2D eigenvalue weighted by Crippen LogP contribution is -2.61. The zero-order valence-corrected chi connectivity index (χ0v) is 11.9. The normalized spacial score (nSPS) is 22.6. The number of piperazine rings is 1. The topological polar surface area (TPSA) is 90.9 Å². The van der Waals surface area contributed by atoms with Gasteiger partial charge in [-0.1, -0.05) is 0 Å². The Bertz CT molecular complexity index is 340. The van der Waals surface area contributed by atoms with Crippen molar-refractivity contribution in [1.82, 2.24) is 15.5 Å². The van der Waals surface area contributed by atoms with Gasteiger partial charge in [-0.05, 0) is 27.7 Å². The number of nitrogens with one attached hydrogen (secondary N) is 2. The second-order valence-corrected chi connectivity index (χ2v) is 5.66. The number of carbonyl (C=O) groups excluding carboxylic acids is 1. The first-order valence-corrected chi connectivity index (χ1v) is 6.39. The summed E-state index contributed by atoms with van der Waals surface area (Å²) in [6, 6.07) is -0.565. The minimum absolute atomic E-state index is 0.301. The summed E-state index contributed by atoms with van der Waals surface area (Å²) in [4.78, 5) is 24.4. The molecule has 1 amide bonds. The first-order valence-electron chi connectivity index (χ1n) is 6.39. The minimum atomic E-state index is -0.863. The van der Waals surface area contributed by atoms with Crippen LogP contribution in [0.5, 0.6) is 0 Å². The van der Waals surface area contributed by atoms with Crippen molar-refractivity contribution in [2.45, 2.75) is 45.5 Å². The molecule has 1 saturated heterocycles. The van der Waals surface area contributed by atoms with Gasteiger partial charge in [0.2, 0.25) is 0 Å². The molecule has 0 aromatic heterocycles. The molecule has 0 bridgehead atoms. The second-order valence-electron chi connectivity index (χ2n) is 5.66. The molecular weight excluding hydrogens is 250 g/mol. The molecule has 0 aromatic carbocycles. The van der Waals surface area contributed by atoms with E-state index in [1.807, 2.05) is 0 Å². The number of carboxylic acids is 1. The van der Waals surface area contributed by atoms with E-state index in [-0.39, 0.29) is 6.17 Å². The first kappa shape index (κ1) is 15.7. The molecule has 7 nitrogen and oxygen atoms in total. The third kappa shape index (κ3) is 5.44. The van der Waals surface area contributed by atoms with Crippen molar-refractivity contribution in [1.29, 1.82) is 0 Å². The van der Waals surface area contributed by atoms with Gasteiger partial charge in [0, 0.05) is 19.6 Å². The molecule has 0 aliphatic carbocycles. The number of alkyl carbamates (subject to hydrolysis) is 1. The van der Waals surface area contributed by atoms with Gasteiger partial charge in [0.15, 0.2) is 0 Å². The van der Waals surface area contributed by atoms with Crippen molar-refractivity contribution < 1.29 is 19.4 Å². The van der Waals surface area contributed by atoms with Crippen LogP contribution in [0, 0.1) is 0 Å². The maximum atomic E-state index is 11.6. The van der Waals surface area contributed by atoms with Crippen LogP contribution < -0.4 is 10.6 Å². The van der Waals surface area contributed by atoms with E-state index in [4.69, 9.17) is 9.84 Å². The quantitative estimate of drug-likeness (QED) is 0.681. The van der Waals surface area contributed by atoms with Gasteiger partial charge >= 0.3 is 12.1 Å². The highest BCUT2D eigenvalue weighted by Gasteiger charge is 2.28. The summed E-state index contributed by atoms with van der Waals surface area (Å²) in [5, 5.41) is 14.8. The predicted octanol–water partition coefficient (Wildman–Crippen LogP) is 0.216. The third-order valence-corrected chi connectivity index (χ3v) is 2.80. The highest BCUT2D eigenvalue weighted by molar-refractivity contribution is 5.73. The van der Waals surface area contributed by atoms with Gasteiger partial charge in [0.05, 0.1) is 6.17 Å². The number of aliphatic carboxylic acids is 1. The van der Waals surface area contributed by atoms with E-state index in [0.29, 0.717) is 19.6 Å². The van der Waals surface area contributed by atoms with Crippen molar-refractivity contribution in [2.24, 2.45) is 0 Å². The summed E-state index contributed by atoms with van der Waals surface area (Å²) in [7, 11) is 0. The molecule has 3 N–H and O–H groups in total. The summed E-state index contributed by atoms with van der Waals surface area (Å²) in [6.45, 7) is 8.71. The number of rotatable bonds is 3. The Morgan fingerprint density at radius 2 is 2.11 bits per heavy atom. The van der Waals surface area contributed by atoms with Gasteiger partial charge in [-0.2, -0.15) is 0 Å². The van der Waals surface area contributed by atoms with E-state index < -0.39 is 23.7 Å². The molecule has 2 atom stereocenters. The van der Waals surface area contributed by atoms with Gasteiger partial charge in [0.25, 0.3) is 0 Å². The summed E-state index contributed by atoms with van der Waals surface area (Å²) >= 11 is 0. The second kappa shape index (κ2) is 6.21. The zero-order chi connectivity index (χ0) is 14.6. The van der Waals surface area contributed by atoms with Crippen LogP contribution in [0.15, 0.2) is 0 Å². The number of carboxylic acid groups (broad SMARTS) is 1. The van der Waals surface area contributed by atoms with Gasteiger partial charge in [0.1, 0.15) is 11.6 Å². The van der Waals surface area contributed by atoms with Crippen molar-refractivity contribution in [3.05, 3.63) is 0 Å². The molecule has 0 saturated carbocycles. The smallest absolute Gasteiger partial charge is 0.408 e. The SMILES string of the molecule is CC(C(=O)O)N1CCN[C@@H](NC(=O)OC(C)(C)C)C1. The number of nitrogens with zero attached hydrogens (tertiary/aromatic N) is 1. The highest BCUT2D eigenvalue weighted by atomic mass is 16.6. The Labute approximate surface area is 113 Å². The fourth-order valence-corrected chi connectivity index (χ4v) is 1.83. The van der Waals surface area contributed by atoms with Crippen molar-refractivity contribution in [3.63, 3.8) is 0 Å². The maximum absolute atomic E-state index is 11.6. The lowest BCUT2D eigenvalue weighted by atomic mass is 10.2. The average Bonchev–Trinajstić information content (AvgIpc) is 2.25. The van der Waals surface area contributed by atoms with Crippen LogP contribution in [-0.2, 0) is 9.53 Å². The molecule has 110 valence electrons. The Hall–Kier alpha value is -1.34. The fourth-order valence-electron chi connectivity index (χ4n) is 1.83. The minimum Gasteiger partial charge on any atom is -0.480 e. The monoisotopic (exact) mass is 273 g/mol. The van der Waals surface area contributed by atoms with E-state index in [0.717, 1.165) is 0 Å². The van der Waals surface area contributed by atoms with Crippen LogP contribution >= 0.6 is 0 Å². The number of hydrogen-bond acceptors (Lipinski definition) is 5. The van der Waals surface area contributed by atoms with Gasteiger partial charge in [-0.3, -0.25) is 15.0 Å². The van der Waals surface area contributed by atoms with Gasteiger partial charge in [-0.15, -0.1) is 0 Å². The van der Waals surface area contributed by atoms with Gasteiger partial charge in [-0.25, -0.2) is 4.79 Å². The molecule has 0 spiro atoms. The maximum Gasteiger partial charge on any atom is 0.408 e. The lowest BCUT2D eigenvalue weighted by molar-refractivity contribution is -0.143. The van der Waals surface area contributed by atoms with Crippen molar-refractivity contribution >= 4 is 12.1 Å². The van der Waals surface area contributed by atoms with Crippen LogP contribution in [0.25, 0.3) is 0 Å². The van der Waals surface area contributed by atoms with Crippen molar-refractivity contribution in [2.75, 3.05) is 19.6 Å². The van der Waals surface area contributed by atoms with Gasteiger partial charge < -0.3 is 15.2 Å². The number of amides is 1. The summed E-state index contributed by atoms with van der Waals surface area (Å²) in [5.74, 6) is -0.863. The third-order valence-electron chi connectivity index (χ3n) is 2.80. The molecule has 1 fully saturated rings. The molecule has 1 rings (SSSR count). The lowest BCUT2D eigenvalue weighted by Gasteiger charge is -2.36. The first-order chi connectivity index (χ1) is 8.69. The molecule has 1 aliphatic rings. The van der Waals surface area contributed by atoms with E-state index >= 15 is 0 Å². The number of hydrogen-bond donors (Lipinski definition) is 3. The van der Waals surface area contributed by atoms with E-state index in [1.165, 1.54) is 0 Å². The van der Waals surface area contributed by atoms with Crippen LogP contribution in [0.1, 0.15) is 27.7 Å². The number of carbonyl (C=O) groups is 2. The molecule has 0 radical (unpaired) electrons. The summed E-state index contributed by atoms with van der Waals surface area (Å²) < 4.78 is 5.16. The summed E-state index contributed by atoms with van der Waals surface area (Å²) in [6.07, 6.45) is -0.805. The van der Waals surface area contributed by atoms with Crippen molar-refractivity contribution in [3.8, 4) is 0 Å². The molecule has 7 heteroatoms. The van der Waals surface area contributed by atoms with Crippen LogP contribution in [0.4, 0.5) is 4.79 Å². The van der Waals surface area contributed by atoms with Crippen LogP contribution in [-0.4, -0.2) is 59.5 Å². The van der Waals surface area contributed by atoms with E-state index in [9.17, 15) is 9.59 Å². The predicted molar refractivity (Wildman–Crippen MR) is 69.8 cm³/mol. The van der Waals surface area contributed by atoms with Crippen LogP contribution in [0.2, 0.25) is 0 Å². The Morgan fingerprint density at radius 3 is 2.63 bits per heavy atom. The van der Waals surface area contributed by atoms with E-state index in [1.54, 1.807) is 32.6 Å². The Kier molecular flexibility index (Phi) is 5.13. The average molecular weight is 273 g/mol. The van der Waals surface area contributed by atoms with Crippen LogP contribution in [0.3, 0.4) is 0 Å². The Morgan fingerprint density at radius 1 is 1.47 bits per heavy atom. The summed E-state index contributed by atoms with van der Waals surface area (Å²) in [5.41, 5.74) is -0.549. The largest absolute Gasteiger partial charge is 0.480 e. The molecular formula is C12H23N3O4.